The van der Waals surface area contributed by atoms with Crippen LogP contribution < -0.4 is 5.56 Å². The number of carbonyl (C=O) groups excluding carboxylic acids is 1. The van der Waals surface area contributed by atoms with Crippen LogP contribution in [-0.4, -0.2) is 43.3 Å². The van der Waals surface area contributed by atoms with Crippen LogP contribution in [0.4, 0.5) is 0 Å². The van der Waals surface area contributed by atoms with Crippen LogP contribution in [0.25, 0.3) is 16.6 Å². The molecule has 0 spiro atoms. The fourth-order valence-electron chi connectivity index (χ4n) is 3.16. The van der Waals surface area contributed by atoms with Gasteiger partial charge in [-0.3, -0.25) is 4.79 Å². The van der Waals surface area contributed by atoms with Gasteiger partial charge in [-0.25, -0.2) is 19.1 Å². The summed E-state index contributed by atoms with van der Waals surface area (Å²) in [6, 6.07) is 0.636. The number of carboxylic acid groups (broad SMARTS) is 1. The molecule has 0 saturated heterocycles. The van der Waals surface area contributed by atoms with Gasteiger partial charge in [0.25, 0.3) is 5.56 Å². The summed E-state index contributed by atoms with van der Waals surface area (Å²) < 4.78 is 7.38. The number of pyridine rings is 1. The van der Waals surface area contributed by atoms with E-state index < -0.39 is 23.5 Å². The van der Waals surface area contributed by atoms with Crippen molar-refractivity contribution in [1.29, 1.82) is 0 Å². The Kier molecular flexibility index (Phi) is 4.69. The van der Waals surface area contributed by atoms with Gasteiger partial charge in [-0.15, -0.1) is 0 Å². The Hall–Kier alpha value is -3.23. The normalized spacial score (nSPS) is 12.6. The summed E-state index contributed by atoms with van der Waals surface area (Å²) in [6.45, 7) is 5.44. The molecule has 27 heavy (non-hydrogen) atoms. The molecule has 3 aromatic heterocycles. The molecule has 3 aromatic rings. The van der Waals surface area contributed by atoms with Crippen LogP contribution in [0, 0.1) is 12.8 Å². The van der Waals surface area contributed by atoms with Gasteiger partial charge in [0.05, 0.1) is 23.7 Å². The molecule has 9 nitrogen and oxygen atoms in total. The molecule has 0 aliphatic rings. The molecular formula is C18H20N4O5. The minimum Gasteiger partial charge on any atom is -0.480 e. The molecule has 1 N–H and O–H groups in total. The largest absolute Gasteiger partial charge is 0.480 e. The van der Waals surface area contributed by atoms with Gasteiger partial charge in [-0.05, 0) is 25.3 Å². The molecule has 3 rings (SSSR count). The molecule has 9 heteroatoms. The number of carboxylic acids is 1. The van der Waals surface area contributed by atoms with E-state index in [-0.39, 0.29) is 22.5 Å². The number of aliphatic carboxylic acids is 1. The Morgan fingerprint density at radius 3 is 2.63 bits per heavy atom. The Morgan fingerprint density at radius 2 is 2.04 bits per heavy atom. The fourth-order valence-corrected chi connectivity index (χ4v) is 3.16. The molecule has 1 unspecified atom stereocenters. The first-order valence-corrected chi connectivity index (χ1v) is 8.46. The quantitative estimate of drug-likeness (QED) is 0.679. The zero-order chi connectivity index (χ0) is 19.9. The van der Waals surface area contributed by atoms with Crippen LogP contribution in [0.2, 0.25) is 0 Å². The Bertz CT molecular complexity index is 1110. The van der Waals surface area contributed by atoms with Gasteiger partial charge in [0, 0.05) is 12.4 Å². The summed E-state index contributed by atoms with van der Waals surface area (Å²) in [6.07, 6.45) is 3.11. The van der Waals surface area contributed by atoms with Crippen molar-refractivity contribution < 1.29 is 19.4 Å². The van der Waals surface area contributed by atoms with Crippen LogP contribution in [0.1, 0.15) is 42.4 Å². The minimum absolute atomic E-state index is 0.102. The minimum atomic E-state index is -1.07. The third-order valence-electron chi connectivity index (χ3n) is 4.42. The lowest BCUT2D eigenvalue weighted by atomic mass is 10.0. The number of methoxy groups -OCH3 is 1. The number of fused-ring (bicyclic) bond motifs is 3. The lowest BCUT2D eigenvalue weighted by molar-refractivity contribution is -0.141. The molecule has 0 saturated carbocycles. The molecule has 0 aromatic carbocycles. The van der Waals surface area contributed by atoms with Crippen molar-refractivity contribution in [3.63, 3.8) is 0 Å². The van der Waals surface area contributed by atoms with Crippen LogP contribution in [0.15, 0.2) is 23.3 Å². The summed E-state index contributed by atoms with van der Waals surface area (Å²) in [4.78, 5) is 40.7. The number of nitrogens with zero attached hydrogens (tertiary/aromatic N) is 4. The van der Waals surface area contributed by atoms with E-state index in [0.717, 1.165) is 0 Å². The summed E-state index contributed by atoms with van der Waals surface area (Å²) in [7, 11) is 1.27. The van der Waals surface area contributed by atoms with Crippen LogP contribution in [0.5, 0.6) is 0 Å². The highest BCUT2D eigenvalue weighted by molar-refractivity contribution is 5.98. The summed E-state index contributed by atoms with van der Waals surface area (Å²) in [5, 5.41) is 14.0. The highest BCUT2D eigenvalue weighted by Crippen LogP contribution is 2.21. The van der Waals surface area contributed by atoms with E-state index in [4.69, 9.17) is 4.74 Å². The Labute approximate surface area is 154 Å². The van der Waals surface area contributed by atoms with E-state index in [0.29, 0.717) is 17.6 Å². The maximum atomic E-state index is 12.9. The van der Waals surface area contributed by atoms with E-state index in [1.54, 1.807) is 13.0 Å². The average molecular weight is 372 g/mol. The zero-order valence-corrected chi connectivity index (χ0v) is 15.5. The van der Waals surface area contributed by atoms with Gasteiger partial charge in [0.1, 0.15) is 11.6 Å². The average Bonchev–Trinajstić information content (AvgIpc) is 2.95. The topological polar surface area (TPSA) is 116 Å². The number of hydrogen-bond acceptors (Lipinski definition) is 6. The summed E-state index contributed by atoms with van der Waals surface area (Å²) >= 11 is 0. The maximum Gasteiger partial charge on any atom is 0.343 e. The molecular weight excluding hydrogens is 352 g/mol. The molecule has 3 heterocycles. The van der Waals surface area contributed by atoms with E-state index in [1.165, 1.54) is 28.6 Å². The number of aryl methyl sites for hydroxylation is 1. The zero-order valence-electron chi connectivity index (χ0n) is 15.5. The highest BCUT2D eigenvalue weighted by atomic mass is 16.5. The molecule has 0 bridgehead atoms. The lowest BCUT2D eigenvalue weighted by Gasteiger charge is -2.18. The second-order valence-electron chi connectivity index (χ2n) is 6.76. The molecule has 142 valence electrons. The third kappa shape index (κ3) is 3.05. The summed E-state index contributed by atoms with van der Waals surface area (Å²) in [5.74, 6) is -1.53. The van der Waals surface area contributed by atoms with E-state index in [1.807, 2.05) is 13.8 Å². The summed E-state index contributed by atoms with van der Waals surface area (Å²) in [5.41, 5.74) is 0.901. The molecule has 1 atom stereocenters. The van der Waals surface area contributed by atoms with Crippen molar-refractivity contribution in [2.24, 2.45) is 5.92 Å². The van der Waals surface area contributed by atoms with Gasteiger partial charge in [0.15, 0.2) is 5.65 Å². The van der Waals surface area contributed by atoms with Gasteiger partial charge in [0.2, 0.25) is 0 Å². The maximum absolute atomic E-state index is 12.9. The first kappa shape index (κ1) is 18.6. The molecule has 0 amide bonds. The number of aromatic nitrogens is 4. The lowest BCUT2D eigenvalue weighted by Crippen LogP contribution is -2.30. The standard InChI is InChI=1S/C18H20N4O5/c1-9(2)7-13(17(24)25)21-6-5-12-11(16(21)23)8-19-15-14(18(26)27-4)10(3)20-22(12)15/h5-6,8-9,13H,7H2,1-4H3,(H,24,25). The molecule has 0 aliphatic carbocycles. The molecule has 0 radical (unpaired) electrons. The van der Waals surface area contributed by atoms with Gasteiger partial charge in [-0.2, -0.15) is 5.10 Å². The first-order valence-electron chi connectivity index (χ1n) is 8.46. The van der Waals surface area contributed by atoms with E-state index in [2.05, 4.69) is 10.1 Å². The van der Waals surface area contributed by atoms with E-state index >= 15 is 0 Å². The van der Waals surface area contributed by atoms with E-state index in [9.17, 15) is 19.5 Å². The van der Waals surface area contributed by atoms with Crippen LogP contribution in [0.3, 0.4) is 0 Å². The monoisotopic (exact) mass is 372 g/mol. The van der Waals surface area contributed by atoms with Crippen molar-refractivity contribution in [3.05, 3.63) is 40.1 Å². The first-order chi connectivity index (χ1) is 12.8. The second kappa shape index (κ2) is 6.82. The van der Waals surface area contributed by atoms with Crippen molar-refractivity contribution in [2.45, 2.75) is 33.2 Å². The van der Waals surface area contributed by atoms with Crippen molar-refractivity contribution in [3.8, 4) is 0 Å². The molecule has 0 fully saturated rings. The number of hydrogen-bond donors (Lipinski definition) is 1. The number of ether oxygens (including phenoxy) is 1. The molecule has 0 aliphatic heterocycles. The van der Waals surface area contributed by atoms with Gasteiger partial charge < -0.3 is 14.4 Å². The van der Waals surface area contributed by atoms with Crippen molar-refractivity contribution in [1.82, 2.24) is 19.2 Å². The van der Waals surface area contributed by atoms with Crippen LogP contribution in [-0.2, 0) is 9.53 Å². The smallest absolute Gasteiger partial charge is 0.343 e. The number of carbonyl (C=O) groups is 2. The Balaban J connectivity index is 2.26. The second-order valence-corrected chi connectivity index (χ2v) is 6.76. The van der Waals surface area contributed by atoms with Crippen molar-refractivity contribution in [2.75, 3.05) is 7.11 Å². The van der Waals surface area contributed by atoms with Gasteiger partial charge >= 0.3 is 11.9 Å². The predicted octanol–water partition coefficient (Wildman–Crippen LogP) is 1.81. The van der Waals surface area contributed by atoms with Crippen molar-refractivity contribution >= 4 is 28.5 Å². The van der Waals surface area contributed by atoms with Gasteiger partial charge in [-0.1, -0.05) is 13.8 Å². The third-order valence-corrected chi connectivity index (χ3v) is 4.42. The van der Waals surface area contributed by atoms with Crippen LogP contribution >= 0.6 is 0 Å². The number of rotatable bonds is 5. The Morgan fingerprint density at radius 1 is 1.33 bits per heavy atom. The predicted molar refractivity (Wildman–Crippen MR) is 97.0 cm³/mol. The number of esters is 1. The fraction of sp³-hybridized carbons (Fsp3) is 0.389. The highest BCUT2D eigenvalue weighted by Gasteiger charge is 2.24. The SMILES string of the molecule is COC(=O)c1c(C)nn2c1ncc1c(=O)n(C(CC(C)C)C(=O)O)ccc12.